The van der Waals surface area contributed by atoms with Crippen molar-refractivity contribution in [3.63, 3.8) is 0 Å². The maximum absolute atomic E-state index is 12.3. The number of rotatable bonds is 4. The number of hydrogen-bond acceptors (Lipinski definition) is 3. The molecule has 0 atom stereocenters. The fourth-order valence-electron chi connectivity index (χ4n) is 2.66. The van der Waals surface area contributed by atoms with Gasteiger partial charge in [0, 0.05) is 38.7 Å². The Balaban J connectivity index is 1.91. The quantitative estimate of drug-likeness (QED) is 0.796. The van der Waals surface area contributed by atoms with Gasteiger partial charge in [0.05, 0.1) is 6.54 Å². The number of nitrogens with zero attached hydrogens (tertiary/aromatic N) is 2. The molecule has 0 N–H and O–H groups in total. The van der Waals surface area contributed by atoms with Crippen LogP contribution in [0.5, 0.6) is 0 Å². The van der Waals surface area contributed by atoms with Crippen LogP contribution in [-0.4, -0.2) is 54.2 Å². The van der Waals surface area contributed by atoms with Crippen LogP contribution >= 0.6 is 0 Å². The third kappa shape index (κ3) is 4.39. The molecule has 0 saturated carbocycles. The zero-order chi connectivity index (χ0) is 15.2. The maximum atomic E-state index is 12.3. The summed E-state index contributed by atoms with van der Waals surface area (Å²) in [6.07, 6.45) is 1.92. The van der Waals surface area contributed by atoms with Crippen molar-refractivity contribution in [2.75, 3.05) is 32.7 Å². The number of ketones is 1. The number of aryl methyl sites for hydroxylation is 1. The minimum absolute atomic E-state index is 0.123. The highest BCUT2D eigenvalue weighted by atomic mass is 16.2. The Bertz CT molecular complexity index is 496. The lowest BCUT2D eigenvalue weighted by Crippen LogP contribution is -2.35. The molecule has 1 saturated heterocycles. The molecule has 0 unspecified atom stereocenters. The lowest BCUT2D eigenvalue weighted by Gasteiger charge is -2.20. The highest BCUT2D eigenvalue weighted by molar-refractivity contribution is 5.97. The molecule has 1 heterocycles. The van der Waals surface area contributed by atoms with Gasteiger partial charge in [-0.05, 0) is 18.4 Å². The predicted octanol–water partition coefficient (Wildman–Crippen LogP) is 1.99. The Morgan fingerprint density at radius 2 is 1.76 bits per heavy atom. The topological polar surface area (TPSA) is 40.6 Å². The summed E-state index contributed by atoms with van der Waals surface area (Å²) in [4.78, 5) is 27.7. The smallest absolute Gasteiger partial charge is 0.219 e. The fraction of sp³-hybridized carbons (Fsp3) is 0.529. The van der Waals surface area contributed by atoms with E-state index in [0.29, 0.717) is 6.54 Å². The second-order valence-electron chi connectivity index (χ2n) is 5.61. The normalized spacial score (nSPS) is 16.6. The Morgan fingerprint density at radius 3 is 2.38 bits per heavy atom. The summed E-state index contributed by atoms with van der Waals surface area (Å²) in [6, 6.07) is 7.88. The average molecular weight is 288 g/mol. The van der Waals surface area contributed by atoms with Gasteiger partial charge < -0.3 is 4.90 Å². The second-order valence-corrected chi connectivity index (χ2v) is 5.61. The van der Waals surface area contributed by atoms with E-state index in [1.54, 1.807) is 6.92 Å². The first kappa shape index (κ1) is 15.7. The zero-order valence-electron chi connectivity index (χ0n) is 13.0. The van der Waals surface area contributed by atoms with E-state index in [0.717, 1.165) is 44.6 Å². The number of Topliss-reactive ketones (excluding diaryl/α,β-unsaturated/α-hetero) is 1. The zero-order valence-corrected chi connectivity index (χ0v) is 13.0. The van der Waals surface area contributed by atoms with E-state index in [1.165, 1.54) is 5.56 Å². The van der Waals surface area contributed by atoms with Crippen molar-refractivity contribution in [1.29, 1.82) is 0 Å². The molecule has 1 fully saturated rings. The summed E-state index contributed by atoms with van der Waals surface area (Å²) in [6.45, 7) is 7.33. The Morgan fingerprint density at radius 1 is 1.05 bits per heavy atom. The van der Waals surface area contributed by atoms with Crippen LogP contribution in [0.25, 0.3) is 0 Å². The van der Waals surface area contributed by atoms with Crippen molar-refractivity contribution < 1.29 is 9.59 Å². The number of carbonyl (C=O) groups excluding carboxylic acids is 2. The summed E-state index contributed by atoms with van der Waals surface area (Å²) in [7, 11) is 0. The SMILES string of the molecule is CCc1ccc(C(=O)CN2CCCN(C(C)=O)CC2)cc1. The molecule has 0 aromatic heterocycles. The van der Waals surface area contributed by atoms with Gasteiger partial charge in [-0.2, -0.15) is 0 Å². The standard InChI is InChI=1S/C17H24N2O2/c1-3-15-5-7-16(8-6-15)17(21)13-18-9-4-10-19(12-11-18)14(2)20/h5-8H,3-4,9-13H2,1-2H3. The van der Waals surface area contributed by atoms with Crippen LogP contribution in [0.15, 0.2) is 24.3 Å². The molecule has 21 heavy (non-hydrogen) atoms. The second kappa shape index (κ2) is 7.36. The molecule has 1 aliphatic rings. The van der Waals surface area contributed by atoms with Crippen LogP contribution in [-0.2, 0) is 11.2 Å². The molecule has 1 amide bonds. The van der Waals surface area contributed by atoms with Crippen molar-refractivity contribution >= 4 is 11.7 Å². The summed E-state index contributed by atoms with van der Waals surface area (Å²) >= 11 is 0. The molecule has 4 heteroatoms. The van der Waals surface area contributed by atoms with Crippen molar-refractivity contribution in [3.8, 4) is 0 Å². The van der Waals surface area contributed by atoms with E-state index < -0.39 is 0 Å². The van der Waals surface area contributed by atoms with E-state index in [2.05, 4.69) is 11.8 Å². The first-order chi connectivity index (χ1) is 10.1. The maximum Gasteiger partial charge on any atom is 0.219 e. The predicted molar refractivity (Wildman–Crippen MR) is 83.5 cm³/mol. The van der Waals surface area contributed by atoms with Crippen LogP contribution in [0.1, 0.15) is 36.2 Å². The Labute approximate surface area is 126 Å². The molecule has 0 aliphatic carbocycles. The van der Waals surface area contributed by atoms with E-state index in [9.17, 15) is 9.59 Å². The number of benzene rings is 1. The van der Waals surface area contributed by atoms with Gasteiger partial charge in [0.1, 0.15) is 0 Å². The van der Waals surface area contributed by atoms with Gasteiger partial charge in [-0.25, -0.2) is 0 Å². The van der Waals surface area contributed by atoms with Gasteiger partial charge in [0.2, 0.25) is 5.91 Å². The molecule has 2 rings (SSSR count). The molecule has 4 nitrogen and oxygen atoms in total. The number of hydrogen-bond donors (Lipinski definition) is 0. The molecule has 1 aromatic rings. The largest absolute Gasteiger partial charge is 0.342 e. The van der Waals surface area contributed by atoms with Crippen molar-refractivity contribution in [2.45, 2.75) is 26.7 Å². The third-order valence-corrected chi connectivity index (χ3v) is 4.09. The molecule has 0 bridgehead atoms. The average Bonchev–Trinajstić information content (AvgIpc) is 2.73. The van der Waals surface area contributed by atoms with Crippen LogP contribution in [0, 0.1) is 0 Å². The van der Waals surface area contributed by atoms with Gasteiger partial charge >= 0.3 is 0 Å². The minimum atomic E-state index is 0.123. The summed E-state index contributed by atoms with van der Waals surface area (Å²) in [5, 5.41) is 0. The Kier molecular flexibility index (Phi) is 5.51. The van der Waals surface area contributed by atoms with Crippen molar-refractivity contribution in [3.05, 3.63) is 35.4 Å². The lowest BCUT2D eigenvalue weighted by molar-refractivity contribution is -0.128. The van der Waals surface area contributed by atoms with Crippen LogP contribution in [0.3, 0.4) is 0 Å². The van der Waals surface area contributed by atoms with Crippen LogP contribution < -0.4 is 0 Å². The van der Waals surface area contributed by atoms with E-state index >= 15 is 0 Å². The highest BCUT2D eigenvalue weighted by Gasteiger charge is 2.18. The third-order valence-electron chi connectivity index (χ3n) is 4.09. The lowest BCUT2D eigenvalue weighted by atomic mass is 10.1. The van der Waals surface area contributed by atoms with Crippen LogP contribution in [0.2, 0.25) is 0 Å². The number of carbonyl (C=O) groups is 2. The first-order valence-electron chi connectivity index (χ1n) is 7.70. The summed E-state index contributed by atoms with van der Waals surface area (Å²) in [5.41, 5.74) is 2.03. The molecule has 114 valence electrons. The molecule has 0 spiro atoms. The molecular weight excluding hydrogens is 264 g/mol. The van der Waals surface area contributed by atoms with Crippen LogP contribution in [0.4, 0.5) is 0 Å². The van der Waals surface area contributed by atoms with Gasteiger partial charge in [-0.15, -0.1) is 0 Å². The van der Waals surface area contributed by atoms with E-state index in [4.69, 9.17) is 0 Å². The molecular formula is C17H24N2O2. The van der Waals surface area contributed by atoms with Gasteiger partial charge in [0.25, 0.3) is 0 Å². The monoisotopic (exact) mass is 288 g/mol. The summed E-state index contributed by atoms with van der Waals surface area (Å²) in [5.74, 6) is 0.284. The molecule has 0 radical (unpaired) electrons. The molecule has 1 aromatic carbocycles. The Hall–Kier alpha value is -1.68. The number of amides is 1. The van der Waals surface area contributed by atoms with E-state index in [-0.39, 0.29) is 11.7 Å². The van der Waals surface area contributed by atoms with Gasteiger partial charge in [0.15, 0.2) is 5.78 Å². The highest BCUT2D eigenvalue weighted by Crippen LogP contribution is 2.09. The first-order valence-corrected chi connectivity index (χ1v) is 7.70. The van der Waals surface area contributed by atoms with Gasteiger partial charge in [-0.3, -0.25) is 14.5 Å². The van der Waals surface area contributed by atoms with Crippen molar-refractivity contribution in [1.82, 2.24) is 9.80 Å². The van der Waals surface area contributed by atoms with Gasteiger partial charge in [-0.1, -0.05) is 31.2 Å². The summed E-state index contributed by atoms with van der Waals surface area (Å²) < 4.78 is 0. The fourth-order valence-corrected chi connectivity index (χ4v) is 2.66. The molecule has 1 aliphatic heterocycles. The van der Waals surface area contributed by atoms with E-state index in [1.807, 2.05) is 29.2 Å². The van der Waals surface area contributed by atoms with Crippen molar-refractivity contribution in [2.24, 2.45) is 0 Å². The minimum Gasteiger partial charge on any atom is -0.342 e.